The normalized spacial score (nSPS) is 14.1. The monoisotopic (exact) mass is 554 g/mol. The van der Waals surface area contributed by atoms with Crippen molar-refractivity contribution in [3.8, 4) is 0 Å². The summed E-state index contributed by atoms with van der Waals surface area (Å²) in [5, 5.41) is 9.43. The molecule has 0 spiro atoms. The van der Waals surface area contributed by atoms with E-state index in [2.05, 4.69) is 36.9 Å². The predicted molar refractivity (Wildman–Crippen MR) is 122 cm³/mol. The number of amides is 1. The maximum atomic E-state index is 13.8. The summed E-state index contributed by atoms with van der Waals surface area (Å²) in [6.45, 7) is 2.14. The Morgan fingerprint density at radius 3 is 2.44 bits per heavy atom. The lowest BCUT2D eigenvalue weighted by Crippen LogP contribution is -2.40. The van der Waals surface area contributed by atoms with Crippen LogP contribution in [0.25, 0.3) is 0 Å². The second kappa shape index (κ2) is 13.3. The number of rotatable bonds is 9. The number of hydrogen-bond donors (Lipinski definition) is 3. The molecule has 1 aliphatic carbocycles. The minimum absolute atomic E-state index is 0. The van der Waals surface area contributed by atoms with E-state index < -0.39 is 0 Å². The zero-order valence-electron chi connectivity index (χ0n) is 15.7. The summed E-state index contributed by atoms with van der Waals surface area (Å²) in [5.74, 6) is 0.990. The summed E-state index contributed by atoms with van der Waals surface area (Å²) in [4.78, 5) is 15.9. The second-order valence-corrected chi connectivity index (χ2v) is 7.45. The van der Waals surface area contributed by atoms with Gasteiger partial charge in [-0.2, -0.15) is 0 Å². The van der Waals surface area contributed by atoms with Crippen LogP contribution >= 0.6 is 39.9 Å². The highest BCUT2D eigenvalue weighted by molar-refractivity contribution is 14.0. The first kappa shape index (κ1) is 24.1. The molecule has 0 saturated heterocycles. The van der Waals surface area contributed by atoms with E-state index in [1.165, 1.54) is 12.5 Å². The molecule has 5 nitrogen and oxygen atoms in total. The molecule has 3 N–H and O–H groups in total. The molecule has 0 bridgehead atoms. The lowest BCUT2D eigenvalue weighted by atomic mass is 9.85. The largest absolute Gasteiger partial charge is 0.356 e. The number of halogens is 3. The summed E-state index contributed by atoms with van der Waals surface area (Å²) in [6.07, 6.45) is 5.59. The SMILES string of the molecule is CN=C(NCCCNC(=O)C1CCC1)NCCCc1ccc(Br)cc1F.I. The third kappa shape index (κ3) is 8.76. The van der Waals surface area contributed by atoms with E-state index in [9.17, 15) is 9.18 Å². The molecule has 1 aromatic rings. The molecule has 152 valence electrons. The number of aryl methyl sites for hydroxylation is 1. The number of carbonyl (C=O) groups excluding carboxylic acids is 1. The van der Waals surface area contributed by atoms with Gasteiger partial charge in [-0.05, 0) is 49.8 Å². The molecule has 27 heavy (non-hydrogen) atoms. The topological polar surface area (TPSA) is 65.5 Å². The number of carbonyl (C=O) groups is 1. The van der Waals surface area contributed by atoms with Gasteiger partial charge >= 0.3 is 0 Å². The van der Waals surface area contributed by atoms with Crippen LogP contribution in [-0.4, -0.2) is 38.5 Å². The summed E-state index contributed by atoms with van der Waals surface area (Å²) < 4.78 is 14.5. The van der Waals surface area contributed by atoms with Crippen molar-refractivity contribution in [3.63, 3.8) is 0 Å². The molecule has 1 amide bonds. The fourth-order valence-corrected chi connectivity index (χ4v) is 3.09. The van der Waals surface area contributed by atoms with Crippen molar-refractivity contribution in [2.75, 3.05) is 26.7 Å². The van der Waals surface area contributed by atoms with Gasteiger partial charge in [-0.15, -0.1) is 24.0 Å². The first-order valence-electron chi connectivity index (χ1n) is 9.26. The van der Waals surface area contributed by atoms with E-state index in [0.29, 0.717) is 19.5 Å². The van der Waals surface area contributed by atoms with Crippen LogP contribution in [0.3, 0.4) is 0 Å². The van der Waals surface area contributed by atoms with E-state index in [0.717, 1.165) is 48.2 Å². The van der Waals surface area contributed by atoms with Gasteiger partial charge < -0.3 is 16.0 Å². The zero-order valence-corrected chi connectivity index (χ0v) is 19.6. The Kier molecular flexibility index (Phi) is 11.9. The fraction of sp³-hybridized carbons (Fsp3) is 0.579. The van der Waals surface area contributed by atoms with Crippen molar-refractivity contribution in [2.45, 2.75) is 38.5 Å². The van der Waals surface area contributed by atoms with Gasteiger partial charge in [0, 0.05) is 37.1 Å². The van der Waals surface area contributed by atoms with Crippen LogP contribution in [-0.2, 0) is 11.2 Å². The highest BCUT2D eigenvalue weighted by atomic mass is 127. The molecule has 1 aliphatic rings. The van der Waals surface area contributed by atoms with Gasteiger partial charge in [-0.3, -0.25) is 9.79 Å². The standard InChI is InChI=1S/C19H28BrFN4O.HI/c1-22-19(25-12-4-11-23-18(26)15-5-2-6-15)24-10-3-7-14-8-9-16(20)13-17(14)21;/h8-9,13,15H,2-7,10-12H2,1H3,(H,23,26)(H2,22,24,25);1H. The Bertz CT molecular complexity index is 626. The molecule has 1 saturated carbocycles. The lowest BCUT2D eigenvalue weighted by molar-refractivity contribution is -0.127. The molecule has 0 aliphatic heterocycles. The van der Waals surface area contributed by atoms with Gasteiger partial charge in [-0.25, -0.2) is 4.39 Å². The number of hydrogen-bond acceptors (Lipinski definition) is 2. The lowest BCUT2D eigenvalue weighted by Gasteiger charge is -2.24. The second-order valence-electron chi connectivity index (χ2n) is 6.54. The van der Waals surface area contributed by atoms with Gasteiger partial charge in [-0.1, -0.05) is 28.4 Å². The van der Waals surface area contributed by atoms with E-state index in [1.54, 1.807) is 7.05 Å². The Hall–Kier alpha value is -0.900. The first-order valence-corrected chi connectivity index (χ1v) is 10.1. The van der Waals surface area contributed by atoms with Crippen LogP contribution in [0.15, 0.2) is 27.7 Å². The molecule has 0 radical (unpaired) electrons. The summed E-state index contributed by atoms with van der Waals surface area (Å²) >= 11 is 3.26. The van der Waals surface area contributed by atoms with Crippen LogP contribution in [0.1, 0.15) is 37.7 Å². The maximum absolute atomic E-state index is 13.8. The molecular weight excluding hydrogens is 526 g/mol. The molecule has 0 heterocycles. The average molecular weight is 555 g/mol. The van der Waals surface area contributed by atoms with Crippen LogP contribution in [0.2, 0.25) is 0 Å². The van der Waals surface area contributed by atoms with Crippen LogP contribution in [0.5, 0.6) is 0 Å². The third-order valence-corrected chi connectivity index (χ3v) is 5.07. The van der Waals surface area contributed by atoms with E-state index in [4.69, 9.17) is 0 Å². The summed E-state index contributed by atoms with van der Waals surface area (Å²) in [5.41, 5.74) is 0.722. The van der Waals surface area contributed by atoms with Crippen molar-refractivity contribution in [1.29, 1.82) is 0 Å². The average Bonchev–Trinajstić information content (AvgIpc) is 2.56. The van der Waals surface area contributed by atoms with Crippen molar-refractivity contribution in [2.24, 2.45) is 10.9 Å². The molecular formula is C19H29BrFIN4O. The minimum atomic E-state index is -0.175. The van der Waals surface area contributed by atoms with Crippen molar-refractivity contribution < 1.29 is 9.18 Å². The number of guanidine groups is 1. The number of nitrogens with one attached hydrogen (secondary N) is 3. The third-order valence-electron chi connectivity index (χ3n) is 4.58. The molecule has 8 heteroatoms. The Morgan fingerprint density at radius 2 is 1.85 bits per heavy atom. The maximum Gasteiger partial charge on any atom is 0.223 e. The van der Waals surface area contributed by atoms with E-state index in [1.807, 2.05) is 12.1 Å². The van der Waals surface area contributed by atoms with Crippen molar-refractivity contribution >= 4 is 51.8 Å². The van der Waals surface area contributed by atoms with Gasteiger partial charge in [0.15, 0.2) is 5.96 Å². The fourth-order valence-electron chi connectivity index (χ4n) is 2.75. The zero-order chi connectivity index (χ0) is 18.8. The van der Waals surface area contributed by atoms with Gasteiger partial charge in [0.25, 0.3) is 0 Å². The van der Waals surface area contributed by atoms with E-state index >= 15 is 0 Å². The molecule has 2 rings (SSSR count). The first-order chi connectivity index (χ1) is 12.6. The van der Waals surface area contributed by atoms with Gasteiger partial charge in [0.2, 0.25) is 5.91 Å². The van der Waals surface area contributed by atoms with E-state index in [-0.39, 0.29) is 41.6 Å². The number of benzene rings is 1. The number of aliphatic imine (C=N–C) groups is 1. The number of nitrogens with zero attached hydrogens (tertiary/aromatic N) is 1. The Balaban J connectivity index is 0.00000364. The van der Waals surface area contributed by atoms with Crippen molar-refractivity contribution in [3.05, 3.63) is 34.1 Å². The van der Waals surface area contributed by atoms with Gasteiger partial charge in [0.05, 0.1) is 0 Å². The summed E-state index contributed by atoms with van der Waals surface area (Å²) in [6, 6.07) is 5.16. The smallest absolute Gasteiger partial charge is 0.223 e. The molecule has 0 atom stereocenters. The Labute approximate surface area is 186 Å². The quantitative estimate of drug-likeness (QED) is 0.189. The van der Waals surface area contributed by atoms with Crippen molar-refractivity contribution in [1.82, 2.24) is 16.0 Å². The van der Waals surface area contributed by atoms with Crippen LogP contribution in [0, 0.1) is 11.7 Å². The van der Waals surface area contributed by atoms with Gasteiger partial charge in [0.1, 0.15) is 5.82 Å². The Morgan fingerprint density at radius 1 is 1.19 bits per heavy atom. The molecule has 0 aromatic heterocycles. The minimum Gasteiger partial charge on any atom is -0.356 e. The highest BCUT2D eigenvalue weighted by Crippen LogP contribution is 2.26. The molecule has 1 aromatic carbocycles. The van der Waals surface area contributed by atoms with Crippen LogP contribution < -0.4 is 16.0 Å². The van der Waals surface area contributed by atoms with Crippen LogP contribution in [0.4, 0.5) is 4.39 Å². The highest BCUT2D eigenvalue weighted by Gasteiger charge is 2.24. The predicted octanol–water partition coefficient (Wildman–Crippen LogP) is 3.61. The summed E-state index contributed by atoms with van der Waals surface area (Å²) in [7, 11) is 1.72. The molecule has 0 unspecified atom stereocenters. The molecule has 1 fully saturated rings.